The average Bonchev–Trinajstić information content (AvgIpc) is 3.10. The number of fused-ring (bicyclic) bond motifs is 2. The van der Waals surface area contributed by atoms with Crippen LogP contribution in [0.5, 0.6) is 0 Å². The smallest absolute Gasteiger partial charge is 0.198 e. The molecule has 0 fully saturated rings. The Labute approximate surface area is 121 Å². The van der Waals surface area contributed by atoms with Crippen molar-refractivity contribution in [2.24, 2.45) is 0 Å². The molecule has 0 aliphatic carbocycles. The normalized spacial score (nSPS) is 13.0. The van der Waals surface area contributed by atoms with Crippen LogP contribution in [0.4, 0.5) is 0 Å². The van der Waals surface area contributed by atoms with Crippen LogP contribution in [-0.2, 0) is 6.42 Å². The van der Waals surface area contributed by atoms with Gasteiger partial charge in [-0.05, 0) is 24.3 Å². The first-order valence-corrected chi connectivity index (χ1v) is 6.99. The topological polar surface area (TPSA) is 52.1 Å². The van der Waals surface area contributed by atoms with E-state index in [1.54, 1.807) is 0 Å². The van der Waals surface area contributed by atoms with E-state index in [1.807, 2.05) is 48.5 Å². The molecule has 0 aliphatic heterocycles. The zero-order valence-electron chi connectivity index (χ0n) is 11.6. The van der Waals surface area contributed by atoms with E-state index in [0.29, 0.717) is 12.3 Å². The zero-order chi connectivity index (χ0) is 14.2. The predicted octanol–water partition coefficient (Wildman–Crippen LogP) is 4.32. The number of aromatic nitrogens is 2. The largest absolute Gasteiger partial charge is 0.441 e. The molecule has 2 aromatic carbocycles. The lowest BCUT2D eigenvalue weighted by Gasteiger charge is -2.02. The molecule has 2 aromatic heterocycles. The molecule has 0 bridgehead atoms. The van der Waals surface area contributed by atoms with Crippen LogP contribution in [0.1, 0.15) is 24.6 Å². The molecule has 0 saturated carbocycles. The van der Waals surface area contributed by atoms with E-state index < -0.39 is 0 Å². The summed E-state index contributed by atoms with van der Waals surface area (Å²) in [4.78, 5) is 9.02. The highest BCUT2D eigenvalue weighted by Crippen LogP contribution is 2.25. The number of oxazole rings is 2. The number of benzene rings is 2. The van der Waals surface area contributed by atoms with Crippen LogP contribution in [-0.4, -0.2) is 9.97 Å². The second kappa shape index (κ2) is 4.74. The molecule has 4 aromatic rings. The molecule has 0 N–H and O–H groups in total. The van der Waals surface area contributed by atoms with Gasteiger partial charge in [-0.1, -0.05) is 31.2 Å². The summed E-state index contributed by atoms with van der Waals surface area (Å²) < 4.78 is 11.5. The van der Waals surface area contributed by atoms with Crippen LogP contribution in [0.15, 0.2) is 57.4 Å². The molecule has 4 heteroatoms. The maximum Gasteiger partial charge on any atom is 0.198 e. The summed E-state index contributed by atoms with van der Waals surface area (Å²) in [6.07, 6.45) is 0.668. The molecular formula is C17H14N2O2. The number of nitrogens with zero attached hydrogens (tertiary/aromatic N) is 2. The molecule has 0 radical (unpaired) electrons. The van der Waals surface area contributed by atoms with Gasteiger partial charge in [0, 0.05) is 12.3 Å². The van der Waals surface area contributed by atoms with Crippen LogP contribution < -0.4 is 0 Å². The van der Waals surface area contributed by atoms with Crippen LogP contribution in [0, 0.1) is 0 Å². The molecule has 21 heavy (non-hydrogen) atoms. The van der Waals surface area contributed by atoms with Gasteiger partial charge in [-0.2, -0.15) is 0 Å². The van der Waals surface area contributed by atoms with E-state index in [0.717, 1.165) is 28.1 Å². The summed E-state index contributed by atoms with van der Waals surface area (Å²) in [5.41, 5.74) is 3.41. The zero-order valence-corrected chi connectivity index (χ0v) is 11.6. The minimum absolute atomic E-state index is 0.116. The SMILES string of the molecule is CC(Cc1nc2ccccc2o1)c1nc2ccccc2o1. The van der Waals surface area contributed by atoms with Gasteiger partial charge in [0.2, 0.25) is 0 Å². The quantitative estimate of drug-likeness (QED) is 0.560. The Bertz CT molecular complexity index is 841. The summed E-state index contributed by atoms with van der Waals surface area (Å²) >= 11 is 0. The second-order valence-corrected chi connectivity index (χ2v) is 5.20. The summed E-state index contributed by atoms with van der Waals surface area (Å²) in [6, 6.07) is 15.6. The standard InChI is InChI=1S/C17H14N2O2/c1-11(17-19-13-7-3-5-9-15(13)21-17)10-16-18-12-6-2-4-8-14(12)20-16/h2-9,11H,10H2,1H3. The fourth-order valence-corrected chi connectivity index (χ4v) is 2.46. The van der Waals surface area contributed by atoms with Crippen molar-refractivity contribution in [3.05, 3.63) is 60.3 Å². The van der Waals surface area contributed by atoms with Gasteiger partial charge in [-0.15, -0.1) is 0 Å². The molecular weight excluding hydrogens is 264 g/mol. The van der Waals surface area contributed by atoms with E-state index >= 15 is 0 Å². The Morgan fingerprint density at radius 2 is 1.48 bits per heavy atom. The fraction of sp³-hybridized carbons (Fsp3) is 0.176. The van der Waals surface area contributed by atoms with Gasteiger partial charge in [-0.3, -0.25) is 0 Å². The first-order valence-electron chi connectivity index (χ1n) is 6.99. The predicted molar refractivity (Wildman–Crippen MR) is 80.1 cm³/mol. The highest BCUT2D eigenvalue weighted by atomic mass is 16.4. The minimum atomic E-state index is 0.116. The Balaban J connectivity index is 1.63. The lowest BCUT2D eigenvalue weighted by atomic mass is 10.1. The Morgan fingerprint density at radius 1 is 0.857 bits per heavy atom. The molecule has 0 amide bonds. The van der Waals surface area contributed by atoms with Crippen molar-refractivity contribution in [3.63, 3.8) is 0 Å². The first kappa shape index (κ1) is 12.1. The minimum Gasteiger partial charge on any atom is -0.441 e. The van der Waals surface area contributed by atoms with Gasteiger partial charge in [0.1, 0.15) is 11.0 Å². The Hall–Kier alpha value is -2.62. The summed E-state index contributed by atoms with van der Waals surface area (Å²) in [5.74, 6) is 1.55. The highest BCUT2D eigenvalue weighted by Gasteiger charge is 2.17. The number of hydrogen-bond donors (Lipinski definition) is 0. The molecule has 0 spiro atoms. The lowest BCUT2D eigenvalue weighted by molar-refractivity contribution is 0.446. The highest BCUT2D eigenvalue weighted by molar-refractivity contribution is 5.73. The Morgan fingerprint density at radius 3 is 2.14 bits per heavy atom. The van der Waals surface area contributed by atoms with Gasteiger partial charge >= 0.3 is 0 Å². The molecule has 1 atom stereocenters. The number of rotatable bonds is 3. The third kappa shape index (κ3) is 2.18. The first-order chi connectivity index (χ1) is 10.3. The van der Waals surface area contributed by atoms with Gasteiger partial charge in [0.05, 0.1) is 0 Å². The van der Waals surface area contributed by atoms with Gasteiger partial charge in [-0.25, -0.2) is 9.97 Å². The van der Waals surface area contributed by atoms with Crippen molar-refractivity contribution >= 4 is 22.2 Å². The second-order valence-electron chi connectivity index (χ2n) is 5.20. The third-order valence-corrected chi connectivity index (χ3v) is 3.55. The van der Waals surface area contributed by atoms with Crippen LogP contribution in [0.2, 0.25) is 0 Å². The van der Waals surface area contributed by atoms with E-state index in [4.69, 9.17) is 8.83 Å². The molecule has 4 nitrogen and oxygen atoms in total. The monoisotopic (exact) mass is 278 g/mol. The summed E-state index contributed by atoms with van der Waals surface area (Å²) in [5, 5.41) is 0. The summed E-state index contributed by atoms with van der Waals surface area (Å²) in [6.45, 7) is 2.07. The van der Waals surface area contributed by atoms with Crippen molar-refractivity contribution in [2.75, 3.05) is 0 Å². The van der Waals surface area contributed by atoms with Crippen LogP contribution in [0.25, 0.3) is 22.2 Å². The van der Waals surface area contributed by atoms with Crippen molar-refractivity contribution < 1.29 is 8.83 Å². The molecule has 2 heterocycles. The van der Waals surface area contributed by atoms with Crippen molar-refractivity contribution in [2.45, 2.75) is 19.3 Å². The number of hydrogen-bond acceptors (Lipinski definition) is 4. The molecule has 104 valence electrons. The number of para-hydroxylation sites is 4. The molecule has 0 aliphatic rings. The van der Waals surface area contributed by atoms with Crippen molar-refractivity contribution in [1.82, 2.24) is 9.97 Å². The average molecular weight is 278 g/mol. The van der Waals surface area contributed by atoms with E-state index in [1.165, 1.54) is 0 Å². The molecule has 1 unspecified atom stereocenters. The van der Waals surface area contributed by atoms with E-state index in [2.05, 4.69) is 16.9 Å². The van der Waals surface area contributed by atoms with Gasteiger partial charge < -0.3 is 8.83 Å². The molecule has 4 rings (SSSR count). The van der Waals surface area contributed by atoms with Crippen LogP contribution >= 0.6 is 0 Å². The van der Waals surface area contributed by atoms with Crippen molar-refractivity contribution in [1.29, 1.82) is 0 Å². The van der Waals surface area contributed by atoms with Crippen LogP contribution in [0.3, 0.4) is 0 Å². The van der Waals surface area contributed by atoms with E-state index in [9.17, 15) is 0 Å². The third-order valence-electron chi connectivity index (χ3n) is 3.55. The lowest BCUT2D eigenvalue weighted by Crippen LogP contribution is -1.98. The molecule has 0 saturated heterocycles. The Kier molecular flexibility index (Phi) is 2.74. The maximum absolute atomic E-state index is 5.80. The fourth-order valence-electron chi connectivity index (χ4n) is 2.46. The summed E-state index contributed by atoms with van der Waals surface area (Å²) in [7, 11) is 0. The van der Waals surface area contributed by atoms with Crippen molar-refractivity contribution in [3.8, 4) is 0 Å². The van der Waals surface area contributed by atoms with Gasteiger partial charge in [0.25, 0.3) is 0 Å². The van der Waals surface area contributed by atoms with E-state index in [-0.39, 0.29) is 5.92 Å². The maximum atomic E-state index is 5.80. The van der Waals surface area contributed by atoms with Gasteiger partial charge in [0.15, 0.2) is 22.9 Å².